The molecule has 0 aliphatic carbocycles. The van der Waals surface area contributed by atoms with Crippen molar-refractivity contribution < 1.29 is 13.2 Å². The fourth-order valence-electron chi connectivity index (χ4n) is 3.09. The predicted octanol–water partition coefficient (Wildman–Crippen LogP) is 2.62. The number of benzene rings is 1. The number of pyridine rings is 1. The Kier molecular flexibility index (Phi) is 4.48. The number of sulfonamides is 1. The highest BCUT2D eigenvalue weighted by molar-refractivity contribution is 7.89. The molecular weight excluding hydrogens is 312 g/mol. The molecule has 1 aliphatic rings. The molecule has 23 heavy (non-hydrogen) atoms. The van der Waals surface area contributed by atoms with Gasteiger partial charge in [-0.25, -0.2) is 8.42 Å². The van der Waals surface area contributed by atoms with Crippen molar-refractivity contribution in [3.05, 3.63) is 60.4 Å². The molecule has 0 bridgehead atoms. The molecule has 1 aliphatic heterocycles. The number of nitrogens with zero attached hydrogens (tertiary/aromatic N) is 2. The van der Waals surface area contributed by atoms with Crippen LogP contribution in [-0.4, -0.2) is 36.4 Å². The first-order valence-electron chi connectivity index (χ1n) is 7.62. The van der Waals surface area contributed by atoms with Crippen molar-refractivity contribution in [3.63, 3.8) is 0 Å². The van der Waals surface area contributed by atoms with E-state index in [0.29, 0.717) is 6.61 Å². The van der Waals surface area contributed by atoms with Crippen molar-refractivity contribution in [2.24, 2.45) is 0 Å². The van der Waals surface area contributed by atoms with Crippen molar-refractivity contribution in [1.29, 1.82) is 0 Å². The molecule has 2 heterocycles. The normalized spacial score (nSPS) is 26.1. The molecule has 0 saturated carbocycles. The van der Waals surface area contributed by atoms with Gasteiger partial charge in [0, 0.05) is 18.4 Å². The Hall–Kier alpha value is -1.76. The Labute approximate surface area is 137 Å². The topological polar surface area (TPSA) is 59.5 Å². The van der Waals surface area contributed by atoms with Crippen LogP contribution in [0.5, 0.6) is 0 Å². The van der Waals surface area contributed by atoms with Gasteiger partial charge in [-0.1, -0.05) is 30.3 Å². The van der Waals surface area contributed by atoms with Crippen LogP contribution in [0, 0.1) is 0 Å². The summed E-state index contributed by atoms with van der Waals surface area (Å²) in [4.78, 5) is 4.15. The van der Waals surface area contributed by atoms with E-state index in [1.165, 1.54) is 6.20 Å². The number of rotatable bonds is 3. The minimum Gasteiger partial charge on any atom is -0.370 e. The summed E-state index contributed by atoms with van der Waals surface area (Å²) in [5, 5.41) is 0. The molecule has 5 nitrogen and oxygen atoms in total. The van der Waals surface area contributed by atoms with Crippen molar-refractivity contribution in [3.8, 4) is 0 Å². The lowest BCUT2D eigenvalue weighted by molar-refractivity contribution is -0.0617. The fourth-order valence-corrected chi connectivity index (χ4v) is 4.86. The molecule has 6 heteroatoms. The first-order chi connectivity index (χ1) is 11.0. The van der Waals surface area contributed by atoms with Crippen molar-refractivity contribution >= 4 is 10.0 Å². The third kappa shape index (κ3) is 3.02. The molecule has 0 N–H and O–H groups in total. The van der Waals surface area contributed by atoms with Gasteiger partial charge in [0.25, 0.3) is 0 Å². The van der Waals surface area contributed by atoms with Gasteiger partial charge < -0.3 is 4.74 Å². The molecule has 1 aromatic carbocycles. The van der Waals surface area contributed by atoms with E-state index >= 15 is 0 Å². The average molecular weight is 332 g/mol. The van der Waals surface area contributed by atoms with Gasteiger partial charge in [-0.05, 0) is 31.5 Å². The lowest BCUT2D eigenvalue weighted by Gasteiger charge is -2.42. The maximum Gasteiger partial charge on any atom is 0.245 e. The molecule has 3 rings (SSSR count). The molecule has 2 aromatic rings. The summed E-state index contributed by atoms with van der Waals surface area (Å²) in [5.74, 6) is 0. The molecule has 0 unspecified atom stereocenters. The largest absolute Gasteiger partial charge is 0.370 e. The standard InChI is InChI=1S/C17H20N2O3S/c1-13-12-22-17(15-7-4-3-5-8-15)14(2)19(13)23(20,21)16-9-6-10-18-11-16/h3-11,13-14,17H,12H2,1-2H3/t13-,14+,17+/m1/s1. The second-order valence-corrected chi connectivity index (χ2v) is 7.62. The zero-order valence-electron chi connectivity index (χ0n) is 13.2. The molecular formula is C17H20N2O3S. The smallest absolute Gasteiger partial charge is 0.245 e. The van der Waals surface area contributed by atoms with Gasteiger partial charge in [0.05, 0.1) is 18.8 Å². The highest BCUT2D eigenvalue weighted by atomic mass is 32.2. The molecule has 122 valence electrons. The van der Waals surface area contributed by atoms with Crippen molar-refractivity contribution in [1.82, 2.24) is 9.29 Å². The maximum absolute atomic E-state index is 13.0. The van der Waals surface area contributed by atoms with Crippen molar-refractivity contribution in [2.75, 3.05) is 6.61 Å². The average Bonchev–Trinajstić information content (AvgIpc) is 2.56. The zero-order chi connectivity index (χ0) is 16.4. The summed E-state index contributed by atoms with van der Waals surface area (Å²) < 4.78 is 33.5. The number of hydrogen-bond donors (Lipinski definition) is 0. The van der Waals surface area contributed by atoms with E-state index in [1.807, 2.05) is 44.2 Å². The zero-order valence-corrected chi connectivity index (χ0v) is 14.0. The minimum atomic E-state index is -3.61. The van der Waals surface area contributed by atoms with Gasteiger partial charge >= 0.3 is 0 Å². The molecule has 3 atom stereocenters. The third-order valence-electron chi connectivity index (χ3n) is 4.13. The van der Waals surface area contributed by atoms with E-state index in [1.54, 1.807) is 22.6 Å². The Morgan fingerprint density at radius 3 is 2.52 bits per heavy atom. The second-order valence-electron chi connectivity index (χ2n) is 5.78. The van der Waals surface area contributed by atoms with Crippen LogP contribution in [-0.2, 0) is 14.8 Å². The Morgan fingerprint density at radius 2 is 1.87 bits per heavy atom. The number of ether oxygens (including phenoxy) is 1. The van der Waals surface area contributed by atoms with Gasteiger partial charge in [-0.15, -0.1) is 0 Å². The summed E-state index contributed by atoms with van der Waals surface area (Å²) >= 11 is 0. The summed E-state index contributed by atoms with van der Waals surface area (Å²) in [6.45, 7) is 4.12. The Bertz CT molecular complexity index is 750. The Balaban J connectivity index is 1.97. The van der Waals surface area contributed by atoms with Crippen LogP contribution < -0.4 is 0 Å². The lowest BCUT2D eigenvalue weighted by atomic mass is 10.0. The summed E-state index contributed by atoms with van der Waals surface area (Å²) in [6.07, 6.45) is 2.68. The van der Waals surface area contributed by atoms with Crippen LogP contribution in [0.1, 0.15) is 25.5 Å². The van der Waals surface area contributed by atoms with Crippen molar-refractivity contribution in [2.45, 2.75) is 36.9 Å². The Morgan fingerprint density at radius 1 is 1.13 bits per heavy atom. The van der Waals surface area contributed by atoms with Gasteiger partial charge in [-0.2, -0.15) is 4.31 Å². The van der Waals surface area contributed by atoms with Gasteiger partial charge in [0.1, 0.15) is 4.90 Å². The number of aromatic nitrogens is 1. The van der Waals surface area contributed by atoms with Gasteiger partial charge in [0.15, 0.2) is 0 Å². The molecule has 0 amide bonds. The summed E-state index contributed by atoms with van der Waals surface area (Å²) in [7, 11) is -3.61. The summed E-state index contributed by atoms with van der Waals surface area (Å²) in [5.41, 5.74) is 0.985. The minimum absolute atomic E-state index is 0.215. The number of morpholine rings is 1. The third-order valence-corrected chi connectivity index (χ3v) is 6.21. The van der Waals surface area contributed by atoms with Gasteiger partial charge in [0.2, 0.25) is 10.0 Å². The predicted molar refractivity (Wildman–Crippen MR) is 87.3 cm³/mol. The van der Waals surface area contributed by atoms with E-state index in [-0.39, 0.29) is 23.1 Å². The maximum atomic E-state index is 13.0. The SMILES string of the molecule is C[C@@H]1CO[C@H](c2ccccc2)[C@H](C)N1S(=O)(=O)c1cccnc1. The fraction of sp³-hybridized carbons (Fsp3) is 0.353. The first kappa shape index (κ1) is 16.1. The van der Waals surface area contributed by atoms with E-state index in [4.69, 9.17) is 4.74 Å². The molecule has 1 fully saturated rings. The molecule has 0 radical (unpaired) electrons. The van der Waals surface area contributed by atoms with Crippen LogP contribution in [0.15, 0.2) is 59.8 Å². The first-order valence-corrected chi connectivity index (χ1v) is 9.06. The molecule has 1 saturated heterocycles. The van der Waals surface area contributed by atoms with E-state index in [9.17, 15) is 8.42 Å². The van der Waals surface area contributed by atoms with Crippen LogP contribution in [0.3, 0.4) is 0 Å². The van der Waals surface area contributed by atoms with E-state index in [0.717, 1.165) is 5.56 Å². The quantitative estimate of drug-likeness (QED) is 0.867. The second kappa shape index (κ2) is 6.39. The summed E-state index contributed by atoms with van der Waals surface area (Å²) in [6, 6.07) is 12.4. The van der Waals surface area contributed by atoms with E-state index in [2.05, 4.69) is 4.98 Å². The molecule has 1 aromatic heterocycles. The van der Waals surface area contributed by atoms with Crippen LogP contribution in [0.4, 0.5) is 0 Å². The highest BCUT2D eigenvalue weighted by Crippen LogP contribution is 2.34. The lowest BCUT2D eigenvalue weighted by Crippen LogP contribution is -2.53. The monoisotopic (exact) mass is 332 g/mol. The van der Waals surface area contributed by atoms with Gasteiger partial charge in [-0.3, -0.25) is 4.98 Å². The van der Waals surface area contributed by atoms with Crippen LogP contribution in [0.2, 0.25) is 0 Å². The van der Waals surface area contributed by atoms with Crippen LogP contribution in [0.25, 0.3) is 0 Å². The molecule has 0 spiro atoms. The number of hydrogen-bond acceptors (Lipinski definition) is 4. The van der Waals surface area contributed by atoms with E-state index < -0.39 is 10.0 Å². The highest BCUT2D eigenvalue weighted by Gasteiger charge is 2.41. The van der Waals surface area contributed by atoms with Crippen LogP contribution >= 0.6 is 0 Å².